The van der Waals surface area contributed by atoms with Gasteiger partial charge in [0.15, 0.2) is 0 Å². The predicted molar refractivity (Wildman–Crippen MR) is 97.3 cm³/mol. The molecule has 7 nitrogen and oxygen atoms in total. The van der Waals surface area contributed by atoms with Crippen LogP contribution in [0.4, 0.5) is 24.5 Å². The van der Waals surface area contributed by atoms with Crippen LogP contribution in [-0.2, 0) is 14.9 Å². The van der Waals surface area contributed by atoms with Gasteiger partial charge in [-0.15, -0.1) is 12.6 Å². The highest BCUT2D eigenvalue weighted by Crippen LogP contribution is 2.27. The molecule has 0 atom stereocenters. The van der Waals surface area contributed by atoms with Gasteiger partial charge in [0.2, 0.25) is 0 Å². The largest absolute Gasteiger partial charge is 0.471 e. The third-order valence-electron chi connectivity index (χ3n) is 3.57. The summed E-state index contributed by atoms with van der Waals surface area (Å²) < 4.78 is 68.3. The highest BCUT2D eigenvalue weighted by molar-refractivity contribution is 7.87. The molecule has 0 fully saturated rings. The van der Waals surface area contributed by atoms with E-state index in [1.807, 2.05) is 0 Å². The summed E-state index contributed by atoms with van der Waals surface area (Å²) in [6.45, 7) is 1.43. The number of hydrogen-bond acceptors (Lipinski definition) is 5. The molecule has 0 aliphatic rings. The lowest BCUT2D eigenvalue weighted by Crippen LogP contribution is -2.29. The topological polar surface area (TPSA) is 113 Å². The number of carbonyl (C=O) groups excluding carboxylic acids is 2. The first-order chi connectivity index (χ1) is 12.8. The van der Waals surface area contributed by atoms with Crippen LogP contribution in [0.15, 0.2) is 46.2 Å². The van der Waals surface area contributed by atoms with Crippen molar-refractivity contribution in [1.29, 1.82) is 0 Å². The summed E-state index contributed by atoms with van der Waals surface area (Å²) in [6.07, 6.45) is -5.02. The Labute approximate surface area is 163 Å². The Morgan fingerprint density at radius 2 is 1.50 bits per heavy atom. The minimum absolute atomic E-state index is 0.0758. The number of rotatable bonds is 4. The van der Waals surface area contributed by atoms with E-state index in [0.29, 0.717) is 0 Å². The summed E-state index contributed by atoms with van der Waals surface area (Å²) in [4.78, 5) is 22.7. The molecule has 3 N–H and O–H groups in total. The Bertz CT molecular complexity index is 1040. The first-order valence-electron chi connectivity index (χ1n) is 7.40. The van der Waals surface area contributed by atoms with E-state index in [1.54, 1.807) is 5.32 Å². The quantitative estimate of drug-likeness (QED) is 0.436. The zero-order valence-corrected chi connectivity index (χ0v) is 15.7. The minimum Gasteiger partial charge on any atom is -0.322 e. The molecule has 0 aromatic heterocycles. The number of benzene rings is 2. The molecule has 2 amide bonds. The fraction of sp³-hybridized carbons (Fsp3) is 0.125. The smallest absolute Gasteiger partial charge is 0.322 e. The van der Waals surface area contributed by atoms with Gasteiger partial charge in [-0.2, -0.15) is 21.6 Å². The fourth-order valence-corrected chi connectivity index (χ4v) is 3.35. The van der Waals surface area contributed by atoms with Crippen LogP contribution in [0, 0.1) is 6.92 Å². The summed E-state index contributed by atoms with van der Waals surface area (Å²) in [7, 11) is -4.51. The molecule has 12 heteroatoms. The van der Waals surface area contributed by atoms with Gasteiger partial charge in [-0.3, -0.25) is 14.1 Å². The number of carbonyl (C=O) groups is 2. The van der Waals surface area contributed by atoms with E-state index in [2.05, 4.69) is 17.9 Å². The predicted octanol–water partition coefficient (Wildman–Crippen LogP) is 3.28. The molecule has 0 saturated carbocycles. The van der Waals surface area contributed by atoms with E-state index in [-0.39, 0.29) is 27.4 Å². The summed E-state index contributed by atoms with van der Waals surface area (Å²) in [6, 6.07) is 7.08. The molecule has 0 aliphatic carbocycles. The van der Waals surface area contributed by atoms with E-state index < -0.39 is 33.0 Å². The monoisotopic (exact) mass is 434 g/mol. The van der Waals surface area contributed by atoms with Gasteiger partial charge in [0.1, 0.15) is 4.90 Å². The molecular weight excluding hydrogens is 421 g/mol. The highest BCUT2D eigenvalue weighted by Gasteiger charge is 2.38. The number of thiol groups is 1. The van der Waals surface area contributed by atoms with Gasteiger partial charge in [-0.25, -0.2) is 0 Å². The van der Waals surface area contributed by atoms with Gasteiger partial charge in [-0.1, -0.05) is 0 Å². The molecule has 0 bridgehead atoms. The lowest BCUT2D eigenvalue weighted by atomic mass is 10.1. The Morgan fingerprint density at radius 1 is 1.00 bits per heavy atom. The van der Waals surface area contributed by atoms with E-state index in [4.69, 9.17) is 4.55 Å². The van der Waals surface area contributed by atoms with Crippen molar-refractivity contribution >= 4 is 45.9 Å². The molecule has 2 aromatic rings. The van der Waals surface area contributed by atoms with Crippen LogP contribution >= 0.6 is 12.6 Å². The standard InChI is InChI=1S/C16H13F3N2O5S2/c1-8-11(6-7-12(13(8)27)28(24,25)26)14(22)20-9-2-4-10(5-3-9)21-15(23)16(17,18)19/h2-7,27H,1H3,(H,20,22)(H,21,23)(H,24,25,26). The first-order valence-corrected chi connectivity index (χ1v) is 9.29. The Morgan fingerprint density at radius 3 is 1.96 bits per heavy atom. The SMILES string of the molecule is Cc1c(C(=O)Nc2ccc(NC(=O)C(F)(F)F)cc2)ccc(S(=O)(=O)O)c1S. The third-order valence-corrected chi connectivity index (χ3v) is 5.20. The van der Waals surface area contributed by atoms with Crippen molar-refractivity contribution in [2.24, 2.45) is 0 Å². The molecule has 0 spiro atoms. The Hall–Kier alpha value is -2.57. The Balaban J connectivity index is 2.18. The van der Waals surface area contributed by atoms with Gasteiger partial charge < -0.3 is 10.6 Å². The van der Waals surface area contributed by atoms with Crippen LogP contribution in [0.5, 0.6) is 0 Å². The zero-order valence-electron chi connectivity index (χ0n) is 14.0. The molecule has 2 aromatic carbocycles. The van der Waals surface area contributed by atoms with Crippen molar-refractivity contribution in [3.63, 3.8) is 0 Å². The normalized spacial score (nSPS) is 11.8. The minimum atomic E-state index is -5.02. The maximum Gasteiger partial charge on any atom is 0.471 e. The second-order valence-electron chi connectivity index (χ2n) is 5.54. The molecule has 0 aliphatic heterocycles. The number of alkyl halides is 3. The fourth-order valence-electron chi connectivity index (χ4n) is 2.17. The average molecular weight is 434 g/mol. The lowest BCUT2D eigenvalue weighted by Gasteiger charge is -2.12. The van der Waals surface area contributed by atoms with E-state index in [0.717, 1.165) is 18.2 Å². The van der Waals surface area contributed by atoms with E-state index in [1.165, 1.54) is 25.1 Å². The van der Waals surface area contributed by atoms with E-state index >= 15 is 0 Å². The molecule has 0 heterocycles. The van der Waals surface area contributed by atoms with Crippen LogP contribution in [0.2, 0.25) is 0 Å². The van der Waals surface area contributed by atoms with Crippen molar-refractivity contribution in [1.82, 2.24) is 0 Å². The second kappa shape index (κ2) is 7.81. The van der Waals surface area contributed by atoms with Crippen LogP contribution in [0.25, 0.3) is 0 Å². The van der Waals surface area contributed by atoms with Gasteiger partial charge in [0, 0.05) is 21.8 Å². The van der Waals surface area contributed by atoms with Crippen LogP contribution < -0.4 is 10.6 Å². The van der Waals surface area contributed by atoms with Gasteiger partial charge in [0.25, 0.3) is 16.0 Å². The van der Waals surface area contributed by atoms with Crippen molar-refractivity contribution in [3.05, 3.63) is 47.5 Å². The van der Waals surface area contributed by atoms with Crippen LogP contribution in [0.3, 0.4) is 0 Å². The summed E-state index contributed by atoms with van der Waals surface area (Å²) >= 11 is 4.01. The number of nitrogens with one attached hydrogen (secondary N) is 2. The third kappa shape index (κ3) is 5.03. The zero-order chi connectivity index (χ0) is 21.3. The van der Waals surface area contributed by atoms with Crippen molar-refractivity contribution in [2.75, 3.05) is 10.6 Å². The second-order valence-corrected chi connectivity index (χ2v) is 7.38. The maximum absolute atomic E-state index is 12.4. The number of anilines is 2. The van der Waals surface area contributed by atoms with Crippen molar-refractivity contribution in [3.8, 4) is 0 Å². The molecule has 28 heavy (non-hydrogen) atoms. The lowest BCUT2D eigenvalue weighted by molar-refractivity contribution is -0.167. The number of halogens is 3. The maximum atomic E-state index is 12.4. The van der Waals surface area contributed by atoms with Gasteiger partial charge >= 0.3 is 12.1 Å². The summed E-state index contributed by atoms with van der Waals surface area (Å²) in [5.41, 5.74) is 0.373. The first kappa shape index (κ1) is 21.7. The highest BCUT2D eigenvalue weighted by atomic mass is 32.2. The van der Waals surface area contributed by atoms with Crippen molar-refractivity contribution in [2.45, 2.75) is 22.9 Å². The summed E-state index contributed by atoms with van der Waals surface area (Å²) in [5.74, 6) is -2.76. The van der Waals surface area contributed by atoms with Gasteiger partial charge in [0.05, 0.1) is 0 Å². The Kier molecular flexibility index (Phi) is 6.06. The van der Waals surface area contributed by atoms with Gasteiger partial charge in [-0.05, 0) is 48.9 Å². The molecule has 0 saturated heterocycles. The molecular formula is C16H13F3N2O5S2. The molecule has 0 radical (unpaired) electrons. The molecule has 150 valence electrons. The number of hydrogen-bond donors (Lipinski definition) is 4. The average Bonchev–Trinajstić information content (AvgIpc) is 2.56. The summed E-state index contributed by atoms with van der Waals surface area (Å²) in [5, 5.41) is 4.14. The van der Waals surface area contributed by atoms with Crippen LogP contribution in [0.1, 0.15) is 15.9 Å². The molecule has 2 rings (SSSR count). The number of amides is 2. The van der Waals surface area contributed by atoms with E-state index in [9.17, 15) is 31.2 Å². The van der Waals surface area contributed by atoms with Crippen LogP contribution in [-0.4, -0.2) is 31.0 Å². The van der Waals surface area contributed by atoms with Crippen molar-refractivity contribution < 1.29 is 35.7 Å². The molecule has 0 unspecified atom stereocenters.